The molecule has 1 aromatic rings. The van der Waals surface area contributed by atoms with Gasteiger partial charge >= 0.3 is 0 Å². The van der Waals surface area contributed by atoms with Gasteiger partial charge in [0.05, 0.1) is 11.5 Å². The first kappa shape index (κ1) is 14.0. The zero-order valence-corrected chi connectivity index (χ0v) is 12.6. The Morgan fingerprint density at radius 1 is 1.44 bits per heavy atom. The van der Waals surface area contributed by atoms with Crippen molar-refractivity contribution in [3.63, 3.8) is 0 Å². The van der Waals surface area contributed by atoms with Gasteiger partial charge in [-0.15, -0.1) is 0 Å². The van der Waals surface area contributed by atoms with Crippen molar-refractivity contribution in [1.82, 2.24) is 4.31 Å². The van der Waals surface area contributed by atoms with Crippen molar-refractivity contribution >= 4 is 26.0 Å². The predicted octanol–water partition coefficient (Wildman–Crippen LogP) is 2.25. The van der Waals surface area contributed by atoms with Gasteiger partial charge in [0.1, 0.15) is 0 Å². The lowest BCUT2D eigenvalue weighted by atomic mass is 10.2. The summed E-state index contributed by atoms with van der Waals surface area (Å²) in [6.07, 6.45) is 1.75. The summed E-state index contributed by atoms with van der Waals surface area (Å²) in [6, 6.07) is 6.86. The van der Waals surface area contributed by atoms with Crippen LogP contribution in [0.2, 0.25) is 0 Å². The molecule has 0 bridgehead atoms. The zero-order valence-electron chi connectivity index (χ0n) is 10.2. The van der Waals surface area contributed by atoms with Crippen LogP contribution in [0.4, 0.5) is 0 Å². The Labute approximate surface area is 116 Å². The smallest absolute Gasteiger partial charge is 0.244 e. The summed E-state index contributed by atoms with van der Waals surface area (Å²) in [5, 5.41) is 0. The van der Waals surface area contributed by atoms with Crippen molar-refractivity contribution in [3.8, 4) is 0 Å². The standard InChI is InChI=1S/C12H16BrNO3S/c1-17-9-10-5-4-8-14(10)18(15,16)12-7-3-2-6-11(12)13/h2-3,6-7,10H,4-5,8-9H2,1H3/t10-/m0/s1. The summed E-state index contributed by atoms with van der Waals surface area (Å²) >= 11 is 3.30. The minimum absolute atomic E-state index is 0.0490. The van der Waals surface area contributed by atoms with Crippen molar-refractivity contribution in [2.24, 2.45) is 0 Å². The fraction of sp³-hybridized carbons (Fsp3) is 0.500. The molecule has 6 heteroatoms. The summed E-state index contributed by atoms with van der Waals surface area (Å²) in [7, 11) is -1.84. The van der Waals surface area contributed by atoms with E-state index in [1.165, 1.54) is 0 Å². The highest BCUT2D eigenvalue weighted by Crippen LogP contribution is 2.30. The van der Waals surface area contributed by atoms with Gasteiger partial charge in [0.15, 0.2) is 0 Å². The molecule has 0 N–H and O–H groups in total. The van der Waals surface area contributed by atoms with E-state index in [9.17, 15) is 8.42 Å². The first-order chi connectivity index (χ1) is 8.57. The highest BCUT2D eigenvalue weighted by Gasteiger charge is 2.35. The average Bonchev–Trinajstić information content (AvgIpc) is 2.79. The molecule has 1 aliphatic heterocycles. The van der Waals surface area contributed by atoms with E-state index in [1.54, 1.807) is 35.7 Å². The molecule has 0 amide bonds. The van der Waals surface area contributed by atoms with E-state index in [0.29, 0.717) is 22.5 Å². The maximum atomic E-state index is 12.6. The highest BCUT2D eigenvalue weighted by molar-refractivity contribution is 9.10. The van der Waals surface area contributed by atoms with E-state index in [1.807, 2.05) is 0 Å². The third-order valence-electron chi connectivity index (χ3n) is 3.11. The molecule has 1 aliphatic rings. The number of ether oxygens (including phenoxy) is 1. The fourth-order valence-electron chi connectivity index (χ4n) is 2.26. The Hall–Kier alpha value is -0.430. The summed E-state index contributed by atoms with van der Waals surface area (Å²) in [5.74, 6) is 0. The van der Waals surface area contributed by atoms with Gasteiger partial charge in [-0.25, -0.2) is 8.42 Å². The monoisotopic (exact) mass is 333 g/mol. The predicted molar refractivity (Wildman–Crippen MR) is 72.9 cm³/mol. The zero-order chi connectivity index (χ0) is 13.2. The van der Waals surface area contributed by atoms with Crippen LogP contribution in [0.3, 0.4) is 0 Å². The third-order valence-corrected chi connectivity index (χ3v) is 6.07. The number of halogens is 1. The van der Waals surface area contributed by atoms with Crippen LogP contribution in [0.25, 0.3) is 0 Å². The Balaban J connectivity index is 2.34. The van der Waals surface area contributed by atoms with Crippen molar-refractivity contribution in [1.29, 1.82) is 0 Å². The van der Waals surface area contributed by atoms with Gasteiger partial charge < -0.3 is 4.74 Å². The van der Waals surface area contributed by atoms with Crippen molar-refractivity contribution in [2.45, 2.75) is 23.8 Å². The minimum Gasteiger partial charge on any atom is -0.383 e. The number of methoxy groups -OCH3 is 1. The first-order valence-electron chi connectivity index (χ1n) is 5.82. The second-order valence-corrected chi connectivity index (χ2v) is 7.01. The maximum absolute atomic E-state index is 12.6. The van der Waals surface area contributed by atoms with E-state index in [4.69, 9.17) is 4.74 Å². The van der Waals surface area contributed by atoms with Gasteiger partial charge in [-0.3, -0.25) is 0 Å². The van der Waals surface area contributed by atoms with Crippen LogP contribution in [0.15, 0.2) is 33.6 Å². The molecule has 1 fully saturated rings. The second kappa shape index (κ2) is 5.69. The molecule has 0 saturated carbocycles. The quantitative estimate of drug-likeness (QED) is 0.848. The lowest BCUT2D eigenvalue weighted by Crippen LogP contribution is -2.38. The van der Waals surface area contributed by atoms with Gasteiger partial charge in [-0.1, -0.05) is 12.1 Å². The maximum Gasteiger partial charge on any atom is 0.244 e. The summed E-state index contributed by atoms with van der Waals surface area (Å²) in [6.45, 7) is 1.02. The van der Waals surface area contributed by atoms with Crippen molar-refractivity contribution in [2.75, 3.05) is 20.3 Å². The molecule has 18 heavy (non-hydrogen) atoms. The molecule has 1 atom stereocenters. The third kappa shape index (κ3) is 2.61. The molecule has 0 unspecified atom stereocenters. The number of sulfonamides is 1. The van der Waals surface area contributed by atoms with E-state index in [2.05, 4.69) is 15.9 Å². The lowest BCUT2D eigenvalue weighted by Gasteiger charge is -2.23. The van der Waals surface area contributed by atoms with Gasteiger partial charge in [-0.2, -0.15) is 4.31 Å². The van der Waals surface area contributed by atoms with Crippen LogP contribution in [0.5, 0.6) is 0 Å². The first-order valence-corrected chi connectivity index (χ1v) is 8.06. The number of rotatable bonds is 4. The minimum atomic E-state index is -3.43. The molecule has 4 nitrogen and oxygen atoms in total. The molecule has 0 spiro atoms. The molecule has 0 aliphatic carbocycles. The second-order valence-electron chi connectivity index (χ2n) is 4.30. The average molecular weight is 334 g/mol. The van der Waals surface area contributed by atoms with Gasteiger partial charge in [0.25, 0.3) is 0 Å². The largest absolute Gasteiger partial charge is 0.383 e. The van der Waals surface area contributed by atoms with E-state index in [0.717, 1.165) is 12.8 Å². The van der Waals surface area contributed by atoms with E-state index >= 15 is 0 Å². The molecule has 0 aromatic heterocycles. The molecule has 1 aromatic carbocycles. The SMILES string of the molecule is COC[C@@H]1CCCN1S(=O)(=O)c1ccccc1Br. The molecular formula is C12H16BrNO3S. The van der Waals surface area contributed by atoms with Gasteiger partial charge in [0, 0.05) is 24.2 Å². The van der Waals surface area contributed by atoms with Crippen LogP contribution in [-0.2, 0) is 14.8 Å². The van der Waals surface area contributed by atoms with Crippen LogP contribution in [0.1, 0.15) is 12.8 Å². The van der Waals surface area contributed by atoms with E-state index < -0.39 is 10.0 Å². The molecule has 0 radical (unpaired) electrons. The van der Waals surface area contributed by atoms with E-state index in [-0.39, 0.29) is 6.04 Å². The summed E-state index contributed by atoms with van der Waals surface area (Å²) in [5.41, 5.74) is 0. The normalized spacial score (nSPS) is 21.3. The molecule has 100 valence electrons. The number of hydrogen-bond donors (Lipinski definition) is 0. The molecule has 1 saturated heterocycles. The van der Waals surface area contributed by atoms with Crippen LogP contribution in [-0.4, -0.2) is 39.0 Å². The van der Waals surface area contributed by atoms with Crippen LogP contribution < -0.4 is 0 Å². The molecule has 1 heterocycles. The highest BCUT2D eigenvalue weighted by atomic mass is 79.9. The number of nitrogens with zero attached hydrogens (tertiary/aromatic N) is 1. The van der Waals surface area contributed by atoms with Crippen LogP contribution in [0, 0.1) is 0 Å². The number of hydrogen-bond acceptors (Lipinski definition) is 3. The summed E-state index contributed by atoms with van der Waals surface area (Å²) in [4.78, 5) is 0.327. The van der Waals surface area contributed by atoms with Crippen molar-refractivity contribution < 1.29 is 13.2 Å². The Kier molecular flexibility index (Phi) is 4.42. The Bertz CT molecular complexity index is 518. The van der Waals surface area contributed by atoms with Crippen LogP contribution >= 0.6 is 15.9 Å². The lowest BCUT2D eigenvalue weighted by molar-refractivity contribution is 0.149. The Morgan fingerprint density at radius 3 is 2.83 bits per heavy atom. The molecular weight excluding hydrogens is 318 g/mol. The Morgan fingerprint density at radius 2 is 2.17 bits per heavy atom. The molecule has 2 rings (SSSR count). The summed E-state index contributed by atoms with van der Waals surface area (Å²) < 4.78 is 32.4. The van der Waals surface area contributed by atoms with Gasteiger partial charge in [-0.05, 0) is 40.9 Å². The number of benzene rings is 1. The fourth-order valence-corrected chi connectivity index (χ4v) is 4.91. The topological polar surface area (TPSA) is 46.6 Å². The van der Waals surface area contributed by atoms with Crippen molar-refractivity contribution in [3.05, 3.63) is 28.7 Å². The van der Waals surface area contributed by atoms with Gasteiger partial charge in [0.2, 0.25) is 10.0 Å².